The van der Waals surface area contributed by atoms with Crippen LogP contribution in [0.5, 0.6) is 0 Å². The van der Waals surface area contributed by atoms with Gasteiger partial charge in [0.2, 0.25) is 0 Å². The third kappa shape index (κ3) is 3.32. The number of carbonyl (C=O) groups is 1. The Morgan fingerprint density at radius 2 is 1.87 bits per heavy atom. The van der Waals surface area contributed by atoms with Crippen molar-refractivity contribution in [3.63, 3.8) is 0 Å². The van der Waals surface area contributed by atoms with Gasteiger partial charge in [0.25, 0.3) is 0 Å². The molecule has 1 rings (SSSR count). The van der Waals surface area contributed by atoms with Gasteiger partial charge in [-0.25, -0.2) is 4.79 Å². The lowest BCUT2D eigenvalue weighted by Crippen LogP contribution is -2.24. The smallest absolute Gasteiger partial charge is 0.378 e. The van der Waals surface area contributed by atoms with E-state index in [1.54, 1.807) is 0 Å². The summed E-state index contributed by atoms with van der Waals surface area (Å²) in [5.41, 5.74) is 0.459. The van der Waals surface area contributed by atoms with Gasteiger partial charge in [0, 0.05) is 5.02 Å². The summed E-state index contributed by atoms with van der Waals surface area (Å²) in [6.45, 7) is 0. The molecule has 0 spiro atoms. The van der Waals surface area contributed by atoms with Crippen LogP contribution in [-0.4, -0.2) is 17.0 Å². The van der Waals surface area contributed by atoms with E-state index in [9.17, 15) is 13.6 Å². The molecule has 0 heterocycles. The summed E-state index contributed by atoms with van der Waals surface area (Å²) >= 11 is 5.59. The number of halogens is 3. The number of hydrogen-bond acceptors (Lipinski definition) is 1. The van der Waals surface area contributed by atoms with Crippen molar-refractivity contribution in [3.05, 3.63) is 40.9 Å². The third-order valence-electron chi connectivity index (χ3n) is 1.64. The molecule has 2 nitrogen and oxygen atoms in total. The second-order valence-electron chi connectivity index (χ2n) is 2.81. The van der Waals surface area contributed by atoms with Gasteiger partial charge in [0.05, 0.1) is 0 Å². The summed E-state index contributed by atoms with van der Waals surface area (Å²) < 4.78 is 25.2. The molecule has 0 fully saturated rings. The van der Waals surface area contributed by atoms with E-state index in [-0.39, 0.29) is 0 Å². The summed E-state index contributed by atoms with van der Waals surface area (Å²) in [5, 5.41) is 8.62. The number of rotatable bonds is 3. The molecule has 0 aliphatic carbocycles. The predicted octanol–water partition coefficient (Wildman–Crippen LogP) is 3.07. The fourth-order valence-electron chi connectivity index (χ4n) is 0.846. The van der Waals surface area contributed by atoms with Crippen LogP contribution in [0.3, 0.4) is 0 Å². The lowest BCUT2D eigenvalue weighted by molar-refractivity contribution is -0.157. The van der Waals surface area contributed by atoms with E-state index in [1.807, 2.05) is 0 Å². The molecule has 0 aliphatic heterocycles. The van der Waals surface area contributed by atoms with E-state index in [1.165, 1.54) is 24.3 Å². The zero-order valence-corrected chi connectivity index (χ0v) is 8.21. The zero-order valence-electron chi connectivity index (χ0n) is 7.45. The van der Waals surface area contributed by atoms with Crippen LogP contribution in [0.25, 0.3) is 6.08 Å². The Hall–Kier alpha value is -1.42. The Morgan fingerprint density at radius 1 is 1.33 bits per heavy atom. The molecule has 0 unspecified atom stereocenters. The molecule has 0 bridgehead atoms. The lowest BCUT2D eigenvalue weighted by atomic mass is 10.2. The van der Waals surface area contributed by atoms with Gasteiger partial charge in [-0.2, -0.15) is 8.78 Å². The lowest BCUT2D eigenvalue weighted by Gasteiger charge is -2.03. The van der Waals surface area contributed by atoms with Crippen LogP contribution < -0.4 is 0 Å². The third-order valence-corrected chi connectivity index (χ3v) is 1.89. The first kappa shape index (κ1) is 11.7. The topological polar surface area (TPSA) is 37.3 Å². The minimum Gasteiger partial charge on any atom is -0.477 e. The molecule has 1 aromatic rings. The van der Waals surface area contributed by atoms with Crippen LogP contribution in [0.1, 0.15) is 5.56 Å². The van der Waals surface area contributed by atoms with Crippen LogP contribution in [-0.2, 0) is 4.79 Å². The quantitative estimate of drug-likeness (QED) is 0.870. The Kier molecular flexibility index (Phi) is 3.42. The fourth-order valence-corrected chi connectivity index (χ4v) is 0.972. The number of carboxylic acids is 1. The van der Waals surface area contributed by atoms with Gasteiger partial charge in [-0.3, -0.25) is 0 Å². The van der Waals surface area contributed by atoms with Crippen molar-refractivity contribution < 1.29 is 18.7 Å². The molecule has 15 heavy (non-hydrogen) atoms. The molecular weight excluding hydrogens is 226 g/mol. The zero-order chi connectivity index (χ0) is 11.5. The molecule has 5 heteroatoms. The Balaban J connectivity index is 2.82. The van der Waals surface area contributed by atoms with E-state index in [0.717, 1.165) is 6.08 Å². The van der Waals surface area contributed by atoms with Crippen LogP contribution in [0.4, 0.5) is 8.78 Å². The molecule has 0 atom stereocenters. The van der Waals surface area contributed by atoms with Gasteiger partial charge in [-0.15, -0.1) is 0 Å². The van der Waals surface area contributed by atoms with Crippen molar-refractivity contribution in [1.29, 1.82) is 0 Å². The monoisotopic (exact) mass is 232 g/mol. The van der Waals surface area contributed by atoms with Crippen molar-refractivity contribution in [2.45, 2.75) is 5.92 Å². The predicted molar refractivity (Wildman–Crippen MR) is 53.1 cm³/mol. The number of aliphatic carboxylic acids is 1. The van der Waals surface area contributed by atoms with Crippen molar-refractivity contribution in [2.24, 2.45) is 0 Å². The maximum atomic E-state index is 12.6. The second kappa shape index (κ2) is 4.40. The first-order valence-corrected chi connectivity index (χ1v) is 4.35. The van der Waals surface area contributed by atoms with E-state index in [4.69, 9.17) is 16.7 Å². The van der Waals surface area contributed by atoms with Crippen molar-refractivity contribution in [1.82, 2.24) is 0 Å². The van der Waals surface area contributed by atoms with Gasteiger partial charge in [-0.05, 0) is 23.8 Å². The van der Waals surface area contributed by atoms with Gasteiger partial charge in [0.1, 0.15) is 0 Å². The van der Waals surface area contributed by atoms with Gasteiger partial charge >= 0.3 is 11.9 Å². The largest absolute Gasteiger partial charge is 0.477 e. The number of hydrogen-bond donors (Lipinski definition) is 1. The number of benzene rings is 1. The van der Waals surface area contributed by atoms with Crippen LogP contribution in [0.15, 0.2) is 30.3 Å². The highest BCUT2D eigenvalue weighted by Gasteiger charge is 2.35. The molecular formula is C10H7ClF2O2. The standard InChI is InChI=1S/C10H7ClF2O2/c11-8-3-1-7(2-4-8)5-6-10(12,13)9(14)15/h1-6H,(H,14,15). The molecule has 1 aromatic carbocycles. The van der Waals surface area contributed by atoms with E-state index >= 15 is 0 Å². The van der Waals surface area contributed by atoms with E-state index in [2.05, 4.69) is 0 Å². The highest BCUT2D eigenvalue weighted by atomic mass is 35.5. The van der Waals surface area contributed by atoms with E-state index in [0.29, 0.717) is 16.7 Å². The maximum Gasteiger partial charge on any atom is 0.378 e. The molecule has 0 amide bonds. The average Bonchev–Trinajstić information content (AvgIpc) is 2.17. The average molecular weight is 233 g/mol. The van der Waals surface area contributed by atoms with Crippen LogP contribution in [0, 0.1) is 0 Å². The Morgan fingerprint density at radius 3 is 2.33 bits per heavy atom. The second-order valence-corrected chi connectivity index (χ2v) is 3.25. The summed E-state index contributed by atoms with van der Waals surface area (Å²) in [7, 11) is 0. The first-order valence-electron chi connectivity index (χ1n) is 3.98. The number of carboxylic acid groups (broad SMARTS) is 1. The molecule has 80 valence electrons. The van der Waals surface area contributed by atoms with Gasteiger partial charge in [0.15, 0.2) is 0 Å². The SMILES string of the molecule is O=C(O)C(F)(F)C=Cc1ccc(Cl)cc1. The van der Waals surface area contributed by atoms with Crippen molar-refractivity contribution >= 4 is 23.6 Å². The highest BCUT2D eigenvalue weighted by Crippen LogP contribution is 2.18. The van der Waals surface area contributed by atoms with Gasteiger partial charge in [-0.1, -0.05) is 29.8 Å². The van der Waals surface area contributed by atoms with Gasteiger partial charge < -0.3 is 5.11 Å². The molecule has 1 N–H and O–H groups in total. The first-order chi connectivity index (χ1) is 6.92. The minimum atomic E-state index is -3.85. The number of alkyl halides is 2. The molecule has 0 saturated heterocycles. The molecule has 0 saturated carbocycles. The summed E-state index contributed by atoms with van der Waals surface area (Å²) in [6, 6.07) is 6.08. The van der Waals surface area contributed by atoms with Crippen LogP contribution in [0.2, 0.25) is 5.02 Å². The Labute approximate surface area is 89.8 Å². The molecule has 0 radical (unpaired) electrons. The molecule has 0 aromatic heterocycles. The molecule has 0 aliphatic rings. The fraction of sp³-hybridized carbons (Fsp3) is 0.100. The summed E-state index contributed by atoms with van der Waals surface area (Å²) in [4.78, 5) is 10.1. The minimum absolute atomic E-state index is 0.332. The van der Waals surface area contributed by atoms with Crippen LogP contribution >= 0.6 is 11.6 Å². The van der Waals surface area contributed by atoms with Crippen molar-refractivity contribution in [3.8, 4) is 0 Å². The highest BCUT2D eigenvalue weighted by molar-refractivity contribution is 6.30. The Bertz CT molecular complexity index is 385. The summed E-state index contributed by atoms with van der Waals surface area (Å²) in [6.07, 6.45) is 1.36. The van der Waals surface area contributed by atoms with E-state index < -0.39 is 11.9 Å². The normalized spacial score (nSPS) is 11.9. The summed E-state index contributed by atoms with van der Waals surface area (Å²) in [5.74, 6) is -6.02. The van der Waals surface area contributed by atoms with Crippen molar-refractivity contribution in [2.75, 3.05) is 0 Å². The maximum absolute atomic E-state index is 12.6.